The standard InChI is InChI=1S/C20H19N3O4/c1-3-12-27-18-7-5-4-6-15(18)14-21-23-20(25)13-19(24)22-16-8-10-17(26-2)11-9-16/h1,4-11,14H,12-13H2,2H3,(H,22,24)(H,23,25). The molecule has 2 N–H and O–H groups in total. The van der Waals surface area contributed by atoms with Gasteiger partial charge in [-0.05, 0) is 36.4 Å². The maximum Gasteiger partial charge on any atom is 0.249 e. The summed E-state index contributed by atoms with van der Waals surface area (Å²) in [5, 5.41) is 6.46. The normalized spacial score (nSPS) is 10.1. The van der Waals surface area contributed by atoms with Crippen LogP contribution in [0.4, 0.5) is 5.69 Å². The van der Waals surface area contributed by atoms with Crippen molar-refractivity contribution in [2.24, 2.45) is 5.10 Å². The minimum atomic E-state index is -0.542. The Morgan fingerprint density at radius 1 is 1.15 bits per heavy atom. The van der Waals surface area contributed by atoms with Gasteiger partial charge in [-0.1, -0.05) is 18.1 Å². The van der Waals surface area contributed by atoms with Gasteiger partial charge in [-0.15, -0.1) is 6.42 Å². The first-order chi connectivity index (χ1) is 13.1. The molecule has 138 valence electrons. The second-order valence-corrected chi connectivity index (χ2v) is 5.28. The van der Waals surface area contributed by atoms with Crippen LogP contribution in [0.1, 0.15) is 12.0 Å². The zero-order valence-corrected chi connectivity index (χ0v) is 14.8. The van der Waals surface area contributed by atoms with Crippen molar-refractivity contribution in [2.75, 3.05) is 19.0 Å². The Labute approximate surface area is 157 Å². The Kier molecular flexibility index (Phi) is 7.42. The van der Waals surface area contributed by atoms with Crippen molar-refractivity contribution in [2.45, 2.75) is 6.42 Å². The zero-order valence-electron chi connectivity index (χ0n) is 14.8. The summed E-state index contributed by atoms with van der Waals surface area (Å²) in [7, 11) is 1.55. The molecule has 0 atom stereocenters. The molecule has 7 nitrogen and oxygen atoms in total. The van der Waals surface area contributed by atoms with Crippen molar-refractivity contribution in [3.8, 4) is 23.8 Å². The van der Waals surface area contributed by atoms with Gasteiger partial charge >= 0.3 is 0 Å². The van der Waals surface area contributed by atoms with Crippen LogP contribution in [-0.4, -0.2) is 31.7 Å². The van der Waals surface area contributed by atoms with Crippen molar-refractivity contribution in [1.29, 1.82) is 0 Å². The van der Waals surface area contributed by atoms with Gasteiger partial charge in [0.15, 0.2) is 0 Å². The smallest absolute Gasteiger partial charge is 0.249 e. The van der Waals surface area contributed by atoms with E-state index in [0.29, 0.717) is 22.7 Å². The highest BCUT2D eigenvalue weighted by Gasteiger charge is 2.09. The second-order valence-electron chi connectivity index (χ2n) is 5.28. The van der Waals surface area contributed by atoms with Gasteiger partial charge in [0.1, 0.15) is 24.5 Å². The molecule has 0 aromatic heterocycles. The topological polar surface area (TPSA) is 89.0 Å². The summed E-state index contributed by atoms with van der Waals surface area (Å²) in [6, 6.07) is 13.9. The summed E-state index contributed by atoms with van der Waals surface area (Å²) in [6.07, 6.45) is 6.23. The number of para-hydroxylation sites is 1. The van der Waals surface area contributed by atoms with Crippen molar-refractivity contribution in [3.05, 3.63) is 54.1 Å². The quantitative estimate of drug-likeness (QED) is 0.325. The number of hydrogen-bond acceptors (Lipinski definition) is 5. The van der Waals surface area contributed by atoms with E-state index in [1.54, 1.807) is 55.6 Å². The minimum Gasteiger partial charge on any atom is -0.497 e. The molecule has 0 fully saturated rings. The van der Waals surface area contributed by atoms with Crippen molar-refractivity contribution < 1.29 is 19.1 Å². The average Bonchev–Trinajstić information content (AvgIpc) is 2.67. The first kappa shape index (κ1) is 19.5. The molecule has 0 aliphatic rings. The maximum absolute atomic E-state index is 11.9. The Bertz CT molecular complexity index is 854. The van der Waals surface area contributed by atoms with E-state index in [9.17, 15) is 9.59 Å². The molecule has 2 amide bonds. The second kappa shape index (κ2) is 10.3. The number of terminal acetylenes is 1. The molecule has 0 saturated carbocycles. The lowest BCUT2D eigenvalue weighted by Gasteiger charge is -2.06. The summed E-state index contributed by atoms with van der Waals surface area (Å²) in [4.78, 5) is 23.7. The van der Waals surface area contributed by atoms with E-state index < -0.39 is 11.8 Å². The maximum atomic E-state index is 11.9. The van der Waals surface area contributed by atoms with Gasteiger partial charge in [-0.25, -0.2) is 5.43 Å². The molecule has 0 bridgehead atoms. The van der Waals surface area contributed by atoms with Gasteiger partial charge in [0.05, 0.1) is 13.3 Å². The van der Waals surface area contributed by atoms with E-state index >= 15 is 0 Å². The Morgan fingerprint density at radius 2 is 1.89 bits per heavy atom. The number of amides is 2. The summed E-state index contributed by atoms with van der Waals surface area (Å²) in [6.45, 7) is 0.128. The largest absolute Gasteiger partial charge is 0.497 e. The van der Waals surface area contributed by atoms with E-state index in [1.807, 2.05) is 0 Å². The molecule has 2 aromatic carbocycles. The van der Waals surface area contributed by atoms with Gasteiger partial charge in [0.2, 0.25) is 11.8 Å². The molecule has 27 heavy (non-hydrogen) atoms. The predicted octanol–water partition coefficient (Wildman–Crippen LogP) is 2.19. The van der Waals surface area contributed by atoms with E-state index in [4.69, 9.17) is 15.9 Å². The van der Waals surface area contributed by atoms with Crippen LogP contribution in [0.25, 0.3) is 0 Å². The zero-order chi connectivity index (χ0) is 19.5. The molecule has 0 unspecified atom stereocenters. The fourth-order valence-electron chi connectivity index (χ4n) is 2.08. The monoisotopic (exact) mass is 365 g/mol. The van der Waals surface area contributed by atoms with E-state index in [1.165, 1.54) is 6.21 Å². The van der Waals surface area contributed by atoms with Crippen LogP contribution in [0.2, 0.25) is 0 Å². The number of rotatable bonds is 8. The summed E-state index contributed by atoms with van der Waals surface area (Å²) in [5.41, 5.74) is 3.52. The number of benzene rings is 2. The highest BCUT2D eigenvalue weighted by Crippen LogP contribution is 2.16. The number of methoxy groups -OCH3 is 1. The molecule has 0 spiro atoms. The van der Waals surface area contributed by atoms with Crippen LogP contribution in [0.15, 0.2) is 53.6 Å². The van der Waals surface area contributed by atoms with Gasteiger partial charge < -0.3 is 14.8 Å². The number of hydrogen-bond donors (Lipinski definition) is 2. The third kappa shape index (κ3) is 6.55. The summed E-state index contributed by atoms with van der Waals surface area (Å²) >= 11 is 0. The van der Waals surface area contributed by atoms with E-state index in [-0.39, 0.29) is 13.0 Å². The lowest BCUT2D eigenvalue weighted by atomic mass is 10.2. The SMILES string of the molecule is C#CCOc1ccccc1C=NNC(=O)CC(=O)Nc1ccc(OC)cc1. The van der Waals surface area contributed by atoms with Crippen LogP contribution in [0, 0.1) is 12.3 Å². The Morgan fingerprint density at radius 3 is 2.59 bits per heavy atom. The van der Waals surface area contributed by atoms with Crippen LogP contribution in [-0.2, 0) is 9.59 Å². The molecule has 0 saturated heterocycles. The molecule has 0 aliphatic heterocycles. The average molecular weight is 365 g/mol. The summed E-state index contributed by atoms with van der Waals surface area (Å²) in [5.74, 6) is 2.60. The van der Waals surface area contributed by atoms with Crippen LogP contribution in [0.3, 0.4) is 0 Å². The number of carbonyl (C=O) groups excluding carboxylic acids is 2. The first-order valence-electron chi connectivity index (χ1n) is 8.03. The van der Waals surface area contributed by atoms with Gasteiger partial charge in [0, 0.05) is 11.3 Å². The molecular weight excluding hydrogens is 346 g/mol. The third-order valence-corrected chi connectivity index (χ3v) is 3.32. The predicted molar refractivity (Wildman–Crippen MR) is 103 cm³/mol. The number of anilines is 1. The Balaban J connectivity index is 1.84. The molecule has 0 radical (unpaired) electrons. The molecule has 2 aromatic rings. The van der Waals surface area contributed by atoms with Gasteiger partial charge in [-0.3, -0.25) is 9.59 Å². The van der Waals surface area contributed by atoms with E-state index in [2.05, 4.69) is 21.8 Å². The molecule has 7 heteroatoms. The highest BCUT2D eigenvalue weighted by molar-refractivity contribution is 6.03. The van der Waals surface area contributed by atoms with E-state index in [0.717, 1.165) is 0 Å². The molecule has 2 rings (SSSR count). The van der Waals surface area contributed by atoms with Crippen molar-refractivity contribution >= 4 is 23.7 Å². The lowest BCUT2D eigenvalue weighted by Crippen LogP contribution is -2.24. The number of carbonyl (C=O) groups is 2. The third-order valence-electron chi connectivity index (χ3n) is 3.32. The lowest BCUT2D eigenvalue weighted by molar-refractivity contribution is -0.126. The Hall–Kier alpha value is -3.79. The fraction of sp³-hybridized carbons (Fsp3) is 0.150. The first-order valence-corrected chi connectivity index (χ1v) is 8.03. The molecule has 0 heterocycles. The van der Waals surface area contributed by atoms with Crippen molar-refractivity contribution in [1.82, 2.24) is 5.43 Å². The van der Waals surface area contributed by atoms with Crippen LogP contribution >= 0.6 is 0 Å². The number of nitrogens with zero attached hydrogens (tertiary/aromatic N) is 1. The minimum absolute atomic E-state index is 0.128. The van der Waals surface area contributed by atoms with Gasteiger partial charge in [0.25, 0.3) is 0 Å². The van der Waals surface area contributed by atoms with Crippen LogP contribution in [0.5, 0.6) is 11.5 Å². The highest BCUT2D eigenvalue weighted by atomic mass is 16.5. The van der Waals surface area contributed by atoms with Crippen LogP contribution < -0.4 is 20.2 Å². The fourth-order valence-corrected chi connectivity index (χ4v) is 2.08. The van der Waals surface area contributed by atoms with Crippen molar-refractivity contribution in [3.63, 3.8) is 0 Å². The number of hydrazone groups is 1. The summed E-state index contributed by atoms with van der Waals surface area (Å²) < 4.78 is 10.4. The number of nitrogens with one attached hydrogen (secondary N) is 2. The molecule has 0 aliphatic carbocycles. The van der Waals surface area contributed by atoms with Gasteiger partial charge in [-0.2, -0.15) is 5.10 Å². The molecular formula is C20H19N3O4. The number of ether oxygens (including phenoxy) is 2.